The molecule has 2 aromatic heterocycles. The van der Waals surface area contributed by atoms with Crippen molar-refractivity contribution in [1.82, 2.24) is 19.4 Å². The van der Waals surface area contributed by atoms with Gasteiger partial charge in [-0.15, -0.1) is 0 Å². The van der Waals surface area contributed by atoms with E-state index >= 15 is 0 Å². The molecule has 190 valence electrons. The third kappa shape index (κ3) is 4.35. The first-order valence-electron chi connectivity index (χ1n) is 12.5. The lowest BCUT2D eigenvalue weighted by Crippen LogP contribution is -2.49. The summed E-state index contributed by atoms with van der Waals surface area (Å²) in [6, 6.07) is 25.4. The number of fused-ring (bicyclic) bond motifs is 1. The van der Waals surface area contributed by atoms with Gasteiger partial charge in [0.05, 0.1) is 23.1 Å². The van der Waals surface area contributed by atoms with Gasteiger partial charge in [0.1, 0.15) is 17.9 Å². The van der Waals surface area contributed by atoms with Gasteiger partial charge in [-0.25, -0.2) is 9.97 Å². The summed E-state index contributed by atoms with van der Waals surface area (Å²) in [6.45, 7) is 2.47. The van der Waals surface area contributed by atoms with E-state index in [1.54, 1.807) is 25.6 Å². The van der Waals surface area contributed by atoms with E-state index in [9.17, 15) is 4.79 Å². The van der Waals surface area contributed by atoms with Crippen LogP contribution in [0.4, 0.5) is 5.82 Å². The summed E-state index contributed by atoms with van der Waals surface area (Å²) in [6.07, 6.45) is 3.74. The number of piperazine rings is 1. The highest BCUT2D eigenvalue weighted by Crippen LogP contribution is 2.37. The van der Waals surface area contributed by atoms with Crippen LogP contribution < -0.4 is 9.64 Å². The zero-order valence-corrected chi connectivity index (χ0v) is 21.7. The molecule has 0 bridgehead atoms. The topological polar surface area (TPSA) is 63.5 Å². The Kier molecular flexibility index (Phi) is 6.43. The fourth-order valence-electron chi connectivity index (χ4n) is 4.99. The summed E-state index contributed by atoms with van der Waals surface area (Å²) in [4.78, 5) is 26.7. The standard InChI is InChI=1S/C30H26ClN5O2/c1-38-23-13-11-22(12-14-23)36-19-25(21-7-3-2-4-8-21)27-28(32-20-33-29(27)36)34-15-17-35(18-16-34)30(37)24-9-5-6-10-26(24)31/h2-14,19-20H,15-18H2,1H3. The summed E-state index contributed by atoms with van der Waals surface area (Å²) >= 11 is 6.29. The number of anilines is 1. The fourth-order valence-corrected chi connectivity index (χ4v) is 5.20. The zero-order chi connectivity index (χ0) is 26.1. The Morgan fingerprint density at radius 3 is 2.29 bits per heavy atom. The van der Waals surface area contributed by atoms with Crippen molar-refractivity contribution >= 4 is 34.4 Å². The molecule has 0 aliphatic carbocycles. The Morgan fingerprint density at radius 2 is 1.58 bits per heavy atom. The normalized spacial score (nSPS) is 13.6. The number of amides is 1. The molecule has 3 heterocycles. The second kappa shape index (κ2) is 10.2. The molecule has 0 unspecified atom stereocenters. The molecular formula is C30H26ClN5O2. The smallest absolute Gasteiger partial charge is 0.255 e. The average Bonchev–Trinajstić information content (AvgIpc) is 3.38. The maximum Gasteiger partial charge on any atom is 0.255 e. The molecule has 0 saturated carbocycles. The van der Waals surface area contributed by atoms with Gasteiger partial charge in [-0.1, -0.05) is 54.1 Å². The second-order valence-corrected chi connectivity index (χ2v) is 9.54. The maximum absolute atomic E-state index is 13.1. The summed E-state index contributed by atoms with van der Waals surface area (Å²) in [5, 5.41) is 1.46. The van der Waals surface area contributed by atoms with Crippen molar-refractivity contribution in [3.8, 4) is 22.6 Å². The number of nitrogens with zero attached hydrogens (tertiary/aromatic N) is 5. The molecule has 38 heavy (non-hydrogen) atoms. The molecule has 1 fully saturated rings. The first kappa shape index (κ1) is 24.0. The van der Waals surface area contributed by atoms with Gasteiger partial charge in [0.15, 0.2) is 5.65 Å². The van der Waals surface area contributed by atoms with Gasteiger partial charge in [0.25, 0.3) is 5.91 Å². The lowest BCUT2D eigenvalue weighted by atomic mass is 10.1. The number of benzene rings is 3. The monoisotopic (exact) mass is 523 g/mol. The predicted octanol–water partition coefficient (Wildman–Crippen LogP) is 5.71. The van der Waals surface area contributed by atoms with Crippen molar-refractivity contribution in [1.29, 1.82) is 0 Å². The van der Waals surface area contributed by atoms with Gasteiger partial charge < -0.3 is 19.1 Å². The number of halogens is 1. The fraction of sp³-hybridized carbons (Fsp3) is 0.167. The highest BCUT2D eigenvalue weighted by Gasteiger charge is 2.27. The highest BCUT2D eigenvalue weighted by molar-refractivity contribution is 6.33. The molecule has 1 aliphatic heterocycles. The molecule has 0 atom stereocenters. The Labute approximate surface area is 225 Å². The molecule has 1 saturated heterocycles. The van der Waals surface area contributed by atoms with Crippen LogP contribution in [-0.2, 0) is 0 Å². The minimum atomic E-state index is -0.0429. The van der Waals surface area contributed by atoms with E-state index in [-0.39, 0.29) is 5.91 Å². The summed E-state index contributed by atoms with van der Waals surface area (Å²) in [5.74, 6) is 1.62. The van der Waals surface area contributed by atoms with Gasteiger partial charge >= 0.3 is 0 Å². The molecule has 5 aromatic rings. The van der Waals surface area contributed by atoms with Crippen LogP contribution in [0.15, 0.2) is 91.4 Å². The molecular weight excluding hydrogens is 498 g/mol. The number of hydrogen-bond acceptors (Lipinski definition) is 5. The molecule has 0 spiro atoms. The van der Waals surface area contributed by atoms with E-state index < -0.39 is 0 Å². The second-order valence-electron chi connectivity index (χ2n) is 9.13. The minimum absolute atomic E-state index is 0.0429. The summed E-state index contributed by atoms with van der Waals surface area (Å²) < 4.78 is 7.45. The van der Waals surface area contributed by atoms with Crippen LogP contribution in [0, 0.1) is 0 Å². The Bertz CT molecular complexity index is 1590. The highest BCUT2D eigenvalue weighted by atomic mass is 35.5. The largest absolute Gasteiger partial charge is 0.497 e. The number of rotatable bonds is 5. The third-order valence-electron chi connectivity index (χ3n) is 6.97. The summed E-state index contributed by atoms with van der Waals surface area (Å²) in [7, 11) is 1.66. The molecule has 7 nitrogen and oxygen atoms in total. The third-order valence-corrected chi connectivity index (χ3v) is 7.30. The van der Waals surface area contributed by atoms with Gasteiger partial charge in [0, 0.05) is 43.6 Å². The minimum Gasteiger partial charge on any atom is -0.497 e. The van der Waals surface area contributed by atoms with Crippen molar-refractivity contribution in [2.24, 2.45) is 0 Å². The number of aromatic nitrogens is 3. The van der Waals surface area contributed by atoms with Gasteiger partial charge in [-0.3, -0.25) is 4.79 Å². The first-order valence-corrected chi connectivity index (χ1v) is 12.9. The molecule has 0 N–H and O–H groups in total. The Morgan fingerprint density at radius 1 is 0.868 bits per heavy atom. The van der Waals surface area contributed by atoms with Crippen molar-refractivity contribution in [3.63, 3.8) is 0 Å². The lowest BCUT2D eigenvalue weighted by Gasteiger charge is -2.35. The lowest BCUT2D eigenvalue weighted by molar-refractivity contribution is 0.0747. The SMILES string of the molecule is COc1ccc(-n2cc(-c3ccccc3)c3c(N4CCN(C(=O)c5ccccc5Cl)CC4)ncnc32)cc1. The average molecular weight is 524 g/mol. The van der Waals surface area contributed by atoms with Crippen LogP contribution in [0.2, 0.25) is 5.02 Å². The molecule has 1 aliphatic rings. The zero-order valence-electron chi connectivity index (χ0n) is 20.9. The Hall–Kier alpha value is -4.36. The number of hydrogen-bond donors (Lipinski definition) is 0. The quantitative estimate of drug-likeness (QED) is 0.295. The van der Waals surface area contributed by atoms with Gasteiger partial charge in [0.2, 0.25) is 0 Å². The number of carbonyl (C=O) groups is 1. The van der Waals surface area contributed by atoms with Crippen LogP contribution in [0.25, 0.3) is 27.8 Å². The summed E-state index contributed by atoms with van der Waals surface area (Å²) in [5.41, 5.74) is 4.50. The van der Waals surface area contributed by atoms with Crippen molar-refractivity contribution in [3.05, 3.63) is 102 Å². The molecule has 1 amide bonds. The van der Waals surface area contributed by atoms with E-state index in [0.29, 0.717) is 36.8 Å². The number of methoxy groups -OCH3 is 1. The first-order chi connectivity index (χ1) is 18.6. The van der Waals surface area contributed by atoms with Crippen molar-refractivity contribution in [2.45, 2.75) is 0 Å². The van der Waals surface area contributed by atoms with Crippen LogP contribution in [-0.4, -0.2) is 58.6 Å². The maximum atomic E-state index is 13.1. The molecule has 8 heteroatoms. The molecule has 6 rings (SSSR count). The molecule has 0 radical (unpaired) electrons. The predicted molar refractivity (Wildman–Crippen MR) is 150 cm³/mol. The van der Waals surface area contributed by atoms with Crippen LogP contribution in [0.1, 0.15) is 10.4 Å². The van der Waals surface area contributed by atoms with Crippen LogP contribution in [0.3, 0.4) is 0 Å². The van der Waals surface area contributed by atoms with E-state index in [1.165, 1.54) is 0 Å². The Balaban J connectivity index is 1.37. The van der Waals surface area contributed by atoms with E-state index in [4.69, 9.17) is 26.3 Å². The number of carbonyl (C=O) groups excluding carboxylic acids is 1. The van der Waals surface area contributed by atoms with E-state index in [2.05, 4.69) is 27.8 Å². The van der Waals surface area contributed by atoms with Crippen LogP contribution in [0.5, 0.6) is 5.75 Å². The van der Waals surface area contributed by atoms with E-state index in [0.717, 1.165) is 39.4 Å². The van der Waals surface area contributed by atoms with Crippen molar-refractivity contribution < 1.29 is 9.53 Å². The van der Waals surface area contributed by atoms with E-state index in [1.807, 2.05) is 59.5 Å². The van der Waals surface area contributed by atoms with Crippen LogP contribution >= 0.6 is 11.6 Å². The van der Waals surface area contributed by atoms with Crippen molar-refractivity contribution in [2.75, 3.05) is 38.2 Å². The van der Waals surface area contributed by atoms with Gasteiger partial charge in [-0.05, 0) is 42.0 Å². The number of ether oxygens (including phenoxy) is 1. The molecule has 3 aromatic carbocycles. The van der Waals surface area contributed by atoms with Gasteiger partial charge in [-0.2, -0.15) is 0 Å².